The van der Waals surface area contributed by atoms with Crippen LogP contribution in [0.5, 0.6) is 5.75 Å². The number of ether oxygens (including phenoxy) is 1. The van der Waals surface area contributed by atoms with E-state index in [0.717, 1.165) is 0 Å². The van der Waals surface area contributed by atoms with Crippen LogP contribution in [-0.2, 0) is 9.59 Å². The van der Waals surface area contributed by atoms with E-state index in [-0.39, 0.29) is 17.4 Å². The van der Waals surface area contributed by atoms with Gasteiger partial charge in [0.15, 0.2) is 0 Å². The van der Waals surface area contributed by atoms with Crippen LogP contribution in [0.4, 0.5) is 5.69 Å². The van der Waals surface area contributed by atoms with Gasteiger partial charge in [-0.15, -0.1) is 0 Å². The molecule has 1 aliphatic rings. The lowest BCUT2D eigenvalue weighted by atomic mass is 10.0. The lowest BCUT2D eigenvalue weighted by Gasteiger charge is -2.24. The van der Waals surface area contributed by atoms with Crippen molar-refractivity contribution in [2.75, 3.05) is 12.4 Å². The fraction of sp³-hybridized carbons (Fsp3) is 0.500. The molecule has 1 saturated carbocycles. The summed E-state index contributed by atoms with van der Waals surface area (Å²) in [6.45, 7) is 5.67. The van der Waals surface area contributed by atoms with E-state index in [1.807, 2.05) is 20.8 Å². The third-order valence-corrected chi connectivity index (χ3v) is 3.81. The molecule has 2 rings (SSSR count). The van der Waals surface area contributed by atoms with E-state index in [1.54, 1.807) is 18.2 Å². The van der Waals surface area contributed by atoms with Gasteiger partial charge in [0.2, 0.25) is 11.8 Å². The van der Waals surface area contributed by atoms with Crippen LogP contribution in [-0.4, -0.2) is 24.5 Å². The number of benzene rings is 1. The summed E-state index contributed by atoms with van der Waals surface area (Å²) < 4.78 is 5.07. The van der Waals surface area contributed by atoms with Crippen LogP contribution in [0, 0.1) is 5.41 Å². The fourth-order valence-electron chi connectivity index (χ4n) is 2.14. The number of rotatable bonds is 4. The molecule has 0 spiro atoms. The van der Waals surface area contributed by atoms with Gasteiger partial charge in [-0.2, -0.15) is 0 Å². The Labute approximate surface area is 135 Å². The SMILES string of the molecule is COc1ccc(NC(=O)C2(C(=O)NC(C)(C)C)CC2)cc1Cl. The van der Waals surface area contributed by atoms with Gasteiger partial charge in [-0.25, -0.2) is 0 Å². The standard InChI is InChI=1S/C16H21ClN2O3/c1-15(2,3)19-14(21)16(7-8-16)13(20)18-10-5-6-12(22-4)11(17)9-10/h5-6,9H,7-8H2,1-4H3,(H,18,20)(H,19,21). The van der Waals surface area contributed by atoms with Crippen molar-refractivity contribution < 1.29 is 14.3 Å². The summed E-state index contributed by atoms with van der Waals surface area (Å²) in [5.41, 5.74) is -0.776. The second kappa shape index (κ2) is 5.80. The van der Waals surface area contributed by atoms with Crippen LogP contribution in [0.25, 0.3) is 0 Å². The van der Waals surface area contributed by atoms with Gasteiger partial charge in [0.25, 0.3) is 0 Å². The Kier molecular flexibility index (Phi) is 4.38. The molecule has 0 bridgehead atoms. The topological polar surface area (TPSA) is 67.4 Å². The maximum atomic E-state index is 12.4. The van der Waals surface area contributed by atoms with Crippen molar-refractivity contribution in [2.24, 2.45) is 5.41 Å². The molecule has 1 aromatic rings. The minimum absolute atomic E-state index is 0.225. The van der Waals surface area contributed by atoms with Gasteiger partial charge in [-0.1, -0.05) is 11.6 Å². The number of nitrogens with one attached hydrogen (secondary N) is 2. The molecule has 0 heterocycles. The summed E-state index contributed by atoms with van der Waals surface area (Å²) >= 11 is 6.04. The van der Waals surface area contributed by atoms with Crippen molar-refractivity contribution >= 4 is 29.1 Å². The van der Waals surface area contributed by atoms with Gasteiger partial charge in [0.05, 0.1) is 12.1 Å². The summed E-state index contributed by atoms with van der Waals surface area (Å²) in [5.74, 6) is 0.0128. The van der Waals surface area contributed by atoms with E-state index < -0.39 is 5.41 Å². The van der Waals surface area contributed by atoms with Crippen molar-refractivity contribution in [1.82, 2.24) is 5.32 Å². The largest absolute Gasteiger partial charge is 0.495 e. The lowest BCUT2D eigenvalue weighted by Crippen LogP contribution is -2.48. The number of methoxy groups -OCH3 is 1. The zero-order valence-corrected chi connectivity index (χ0v) is 14.0. The average molecular weight is 325 g/mol. The molecule has 0 atom stereocenters. The van der Waals surface area contributed by atoms with Crippen LogP contribution < -0.4 is 15.4 Å². The Bertz CT molecular complexity index is 604. The average Bonchev–Trinajstić information content (AvgIpc) is 3.18. The van der Waals surface area contributed by atoms with E-state index in [0.29, 0.717) is 29.3 Å². The minimum Gasteiger partial charge on any atom is -0.495 e. The highest BCUT2D eigenvalue weighted by Gasteiger charge is 2.57. The van der Waals surface area contributed by atoms with Gasteiger partial charge >= 0.3 is 0 Å². The molecule has 0 aliphatic heterocycles. The van der Waals surface area contributed by atoms with Gasteiger partial charge in [-0.3, -0.25) is 9.59 Å². The molecule has 1 fully saturated rings. The quantitative estimate of drug-likeness (QED) is 0.837. The van der Waals surface area contributed by atoms with E-state index in [2.05, 4.69) is 10.6 Å². The van der Waals surface area contributed by atoms with E-state index in [4.69, 9.17) is 16.3 Å². The van der Waals surface area contributed by atoms with Crippen LogP contribution in [0.15, 0.2) is 18.2 Å². The molecule has 6 heteroatoms. The van der Waals surface area contributed by atoms with Crippen LogP contribution in [0.1, 0.15) is 33.6 Å². The first-order valence-corrected chi connectivity index (χ1v) is 7.53. The maximum absolute atomic E-state index is 12.4. The first kappa shape index (κ1) is 16.6. The van der Waals surface area contributed by atoms with Crippen molar-refractivity contribution in [3.63, 3.8) is 0 Å². The van der Waals surface area contributed by atoms with E-state index in [1.165, 1.54) is 7.11 Å². The Morgan fingerprint density at radius 1 is 1.23 bits per heavy atom. The number of halogens is 1. The van der Waals surface area contributed by atoms with Gasteiger partial charge in [0.1, 0.15) is 11.2 Å². The first-order valence-electron chi connectivity index (χ1n) is 7.15. The molecule has 2 amide bonds. The number of carbonyl (C=O) groups excluding carboxylic acids is 2. The fourth-order valence-corrected chi connectivity index (χ4v) is 2.40. The molecule has 2 N–H and O–H groups in total. The normalized spacial score (nSPS) is 15.9. The summed E-state index contributed by atoms with van der Waals surface area (Å²) in [5, 5.41) is 6.04. The third kappa shape index (κ3) is 3.53. The number of amides is 2. The Hall–Kier alpha value is -1.75. The van der Waals surface area contributed by atoms with Crippen molar-refractivity contribution in [3.05, 3.63) is 23.2 Å². The monoisotopic (exact) mass is 324 g/mol. The van der Waals surface area contributed by atoms with Gasteiger partial charge < -0.3 is 15.4 Å². The van der Waals surface area contributed by atoms with Crippen molar-refractivity contribution in [3.8, 4) is 5.75 Å². The Balaban J connectivity index is 2.09. The molecular formula is C16H21ClN2O3. The molecule has 0 unspecified atom stereocenters. The van der Waals surface area contributed by atoms with Gasteiger partial charge in [0, 0.05) is 11.2 Å². The molecule has 5 nitrogen and oxygen atoms in total. The lowest BCUT2D eigenvalue weighted by molar-refractivity contribution is -0.135. The number of anilines is 1. The Morgan fingerprint density at radius 3 is 2.32 bits per heavy atom. The summed E-state index contributed by atoms with van der Waals surface area (Å²) in [6.07, 6.45) is 1.12. The second-order valence-electron chi connectivity index (χ2n) is 6.59. The molecular weight excluding hydrogens is 304 g/mol. The predicted octanol–water partition coefficient (Wildman–Crippen LogP) is 2.98. The summed E-state index contributed by atoms with van der Waals surface area (Å²) in [6, 6.07) is 4.98. The van der Waals surface area contributed by atoms with E-state index in [9.17, 15) is 9.59 Å². The highest BCUT2D eigenvalue weighted by atomic mass is 35.5. The van der Waals surface area contributed by atoms with Crippen molar-refractivity contribution in [2.45, 2.75) is 39.2 Å². The first-order chi connectivity index (χ1) is 10.2. The smallest absolute Gasteiger partial charge is 0.240 e. The van der Waals surface area contributed by atoms with E-state index >= 15 is 0 Å². The summed E-state index contributed by atoms with van der Waals surface area (Å²) in [4.78, 5) is 24.8. The molecule has 0 saturated heterocycles. The molecule has 0 aromatic heterocycles. The molecule has 1 aliphatic carbocycles. The third-order valence-electron chi connectivity index (χ3n) is 3.52. The maximum Gasteiger partial charge on any atom is 0.240 e. The van der Waals surface area contributed by atoms with Crippen LogP contribution in [0.2, 0.25) is 5.02 Å². The molecule has 120 valence electrons. The highest BCUT2D eigenvalue weighted by molar-refractivity contribution is 6.32. The second-order valence-corrected chi connectivity index (χ2v) is 7.00. The minimum atomic E-state index is -0.959. The molecule has 0 radical (unpaired) electrons. The number of hydrogen-bond acceptors (Lipinski definition) is 3. The Morgan fingerprint density at radius 2 is 1.86 bits per heavy atom. The number of hydrogen-bond donors (Lipinski definition) is 2. The summed E-state index contributed by atoms with van der Waals surface area (Å²) in [7, 11) is 1.52. The van der Waals surface area contributed by atoms with Crippen molar-refractivity contribution in [1.29, 1.82) is 0 Å². The molecule has 22 heavy (non-hydrogen) atoms. The van der Waals surface area contributed by atoms with Gasteiger partial charge in [-0.05, 0) is 51.8 Å². The predicted molar refractivity (Wildman–Crippen MR) is 86.2 cm³/mol. The zero-order valence-electron chi connectivity index (χ0n) is 13.2. The number of carbonyl (C=O) groups is 2. The van der Waals surface area contributed by atoms with Crippen LogP contribution >= 0.6 is 11.6 Å². The van der Waals surface area contributed by atoms with Crippen LogP contribution in [0.3, 0.4) is 0 Å². The molecule has 1 aromatic carbocycles. The zero-order chi connectivity index (χ0) is 16.5. The highest BCUT2D eigenvalue weighted by Crippen LogP contribution is 2.47.